The molecule has 0 aromatic heterocycles. The molecule has 0 fully saturated rings. The third-order valence-corrected chi connectivity index (χ3v) is 4.65. The van der Waals surface area contributed by atoms with Crippen molar-refractivity contribution < 1.29 is 9.50 Å². The molecule has 1 nitrogen and oxygen atoms in total. The molecule has 0 aromatic rings. The molecule has 0 spiro atoms. The molecule has 146 valence electrons. The van der Waals surface area contributed by atoms with Gasteiger partial charge in [-0.1, -0.05) is 81.5 Å². The number of allylic oxidation sites excluding steroid dienone is 11. The zero-order valence-corrected chi connectivity index (χ0v) is 16.6. The summed E-state index contributed by atoms with van der Waals surface area (Å²) in [7, 11) is 0. The predicted molar refractivity (Wildman–Crippen MR) is 116 cm³/mol. The maximum atomic E-state index is 14.3. The minimum absolute atomic E-state index is 0.110. The molecule has 1 N–H and O–H groups in total. The number of hydrogen-bond donors (Lipinski definition) is 1. The summed E-state index contributed by atoms with van der Waals surface area (Å²) in [6.07, 6.45) is 18.8. The molecule has 0 saturated carbocycles. The van der Waals surface area contributed by atoms with E-state index in [1.807, 2.05) is 0 Å². The van der Waals surface area contributed by atoms with E-state index in [4.69, 9.17) is 5.11 Å². The van der Waals surface area contributed by atoms with Gasteiger partial charge in [-0.25, -0.2) is 4.39 Å². The highest BCUT2D eigenvalue weighted by atomic mass is 19.1. The average molecular weight is 369 g/mol. The molecule has 0 saturated heterocycles. The zero-order chi connectivity index (χ0) is 20.2. The fourth-order valence-corrected chi connectivity index (χ4v) is 2.85. The Balaban J connectivity index is 2.43. The van der Waals surface area contributed by atoms with Gasteiger partial charge in [0.15, 0.2) is 0 Å². The van der Waals surface area contributed by atoms with E-state index in [0.29, 0.717) is 11.5 Å². The van der Waals surface area contributed by atoms with E-state index in [2.05, 4.69) is 51.5 Å². The molecule has 0 radical (unpaired) electrons. The highest BCUT2D eigenvalue weighted by Gasteiger charge is 2.10. The van der Waals surface area contributed by atoms with Crippen LogP contribution < -0.4 is 0 Å². The Labute approximate surface area is 164 Å². The fraction of sp³-hybridized carbons (Fsp3) is 0.360. The first kappa shape index (κ1) is 22.7. The minimum Gasteiger partial charge on any atom is -0.509 e. The first-order valence-electron chi connectivity index (χ1n) is 9.70. The van der Waals surface area contributed by atoms with E-state index in [1.54, 1.807) is 0 Å². The Morgan fingerprint density at radius 3 is 2.56 bits per heavy atom. The van der Waals surface area contributed by atoms with Crippen LogP contribution in [-0.4, -0.2) is 5.11 Å². The second kappa shape index (κ2) is 12.1. The van der Waals surface area contributed by atoms with Crippen LogP contribution >= 0.6 is 0 Å². The Morgan fingerprint density at radius 2 is 1.96 bits per heavy atom. The second-order valence-electron chi connectivity index (χ2n) is 7.11. The molecule has 0 amide bonds. The highest BCUT2D eigenvalue weighted by Crippen LogP contribution is 2.26. The fourth-order valence-electron chi connectivity index (χ4n) is 2.85. The number of aliphatic hydroxyl groups is 1. The van der Waals surface area contributed by atoms with Crippen LogP contribution in [0.1, 0.15) is 51.9 Å². The summed E-state index contributed by atoms with van der Waals surface area (Å²) >= 11 is 0. The first-order valence-corrected chi connectivity index (χ1v) is 9.70. The third kappa shape index (κ3) is 9.23. The van der Waals surface area contributed by atoms with Crippen molar-refractivity contribution in [3.63, 3.8) is 0 Å². The van der Waals surface area contributed by atoms with Crippen molar-refractivity contribution in [2.24, 2.45) is 5.92 Å². The Bertz CT molecular complexity index is 685. The highest BCUT2D eigenvalue weighted by molar-refractivity contribution is 5.48. The molecule has 1 aliphatic carbocycles. The van der Waals surface area contributed by atoms with E-state index < -0.39 is 5.83 Å². The lowest BCUT2D eigenvalue weighted by Crippen LogP contribution is -2.00. The zero-order valence-electron chi connectivity index (χ0n) is 16.6. The van der Waals surface area contributed by atoms with E-state index in [9.17, 15) is 4.39 Å². The van der Waals surface area contributed by atoms with Crippen LogP contribution in [-0.2, 0) is 0 Å². The van der Waals surface area contributed by atoms with Gasteiger partial charge in [-0.15, -0.1) is 0 Å². The van der Waals surface area contributed by atoms with E-state index in [0.717, 1.165) is 24.8 Å². The maximum Gasteiger partial charge on any atom is 0.130 e. The average Bonchev–Trinajstić information content (AvgIpc) is 2.64. The smallest absolute Gasteiger partial charge is 0.130 e. The molecule has 1 unspecified atom stereocenters. The standard InChI is InChI=1S/C25H33FO/c1-6-7-8-9-23-14-16-24(17-15-23)13-10-19(2)18-25(26)22(5)20(3)11-12-21(4)27/h11-12,14-16,18,24,27H,2-10,13,17H2,1H3/b12-11-,25-18+. The topological polar surface area (TPSA) is 20.2 Å². The van der Waals surface area contributed by atoms with E-state index in [-0.39, 0.29) is 11.3 Å². The summed E-state index contributed by atoms with van der Waals surface area (Å²) in [5.74, 6) is -0.0684. The summed E-state index contributed by atoms with van der Waals surface area (Å²) in [4.78, 5) is 0. The van der Waals surface area contributed by atoms with Crippen LogP contribution in [0.2, 0.25) is 0 Å². The summed E-state index contributed by atoms with van der Waals surface area (Å²) in [6.45, 7) is 17.0. The largest absolute Gasteiger partial charge is 0.509 e. The Kier molecular flexibility index (Phi) is 10.2. The minimum atomic E-state index is -0.449. The lowest BCUT2D eigenvalue weighted by molar-refractivity contribution is 0.435. The normalized spacial score (nSPS) is 17.0. The van der Waals surface area contributed by atoms with Gasteiger partial charge in [0.05, 0.1) is 0 Å². The van der Waals surface area contributed by atoms with Crippen molar-refractivity contribution in [1.82, 2.24) is 0 Å². The summed E-state index contributed by atoms with van der Waals surface area (Å²) < 4.78 is 14.3. The molecule has 27 heavy (non-hydrogen) atoms. The number of rotatable bonds is 12. The van der Waals surface area contributed by atoms with Crippen LogP contribution in [0.4, 0.5) is 4.39 Å². The van der Waals surface area contributed by atoms with Gasteiger partial charge in [0.25, 0.3) is 0 Å². The van der Waals surface area contributed by atoms with E-state index in [1.165, 1.54) is 49.5 Å². The van der Waals surface area contributed by atoms with E-state index >= 15 is 0 Å². The Hall–Kier alpha value is -2.35. The van der Waals surface area contributed by atoms with Gasteiger partial charge in [0.2, 0.25) is 0 Å². The van der Waals surface area contributed by atoms with Gasteiger partial charge in [-0.2, -0.15) is 0 Å². The molecule has 1 rings (SSSR count). The van der Waals surface area contributed by atoms with Crippen molar-refractivity contribution in [3.05, 3.63) is 96.7 Å². The van der Waals surface area contributed by atoms with Crippen LogP contribution in [0.25, 0.3) is 0 Å². The van der Waals surface area contributed by atoms with Crippen molar-refractivity contribution in [3.8, 4) is 0 Å². The number of unbranched alkanes of at least 4 members (excludes halogenated alkanes) is 2. The lowest BCUT2D eigenvalue weighted by atomic mass is 9.89. The van der Waals surface area contributed by atoms with Gasteiger partial charge in [0, 0.05) is 5.57 Å². The molecule has 0 heterocycles. The van der Waals surface area contributed by atoms with Crippen LogP contribution in [0, 0.1) is 5.92 Å². The van der Waals surface area contributed by atoms with Gasteiger partial charge in [-0.05, 0) is 55.7 Å². The lowest BCUT2D eigenvalue weighted by Gasteiger charge is -2.16. The molecule has 0 aromatic carbocycles. The summed E-state index contributed by atoms with van der Waals surface area (Å²) in [6, 6.07) is 0. The van der Waals surface area contributed by atoms with Crippen LogP contribution in [0.3, 0.4) is 0 Å². The molecule has 0 aliphatic heterocycles. The predicted octanol–water partition coefficient (Wildman–Crippen LogP) is 8.00. The van der Waals surface area contributed by atoms with Gasteiger partial charge < -0.3 is 5.11 Å². The van der Waals surface area contributed by atoms with Crippen molar-refractivity contribution in [2.45, 2.75) is 51.9 Å². The van der Waals surface area contributed by atoms with Gasteiger partial charge in [0.1, 0.15) is 11.6 Å². The first-order chi connectivity index (χ1) is 12.8. The summed E-state index contributed by atoms with van der Waals surface area (Å²) in [5, 5.41) is 9.05. The van der Waals surface area contributed by atoms with Gasteiger partial charge >= 0.3 is 0 Å². The molecule has 1 aliphatic rings. The van der Waals surface area contributed by atoms with Crippen LogP contribution in [0.15, 0.2) is 96.7 Å². The molecule has 2 heteroatoms. The maximum absolute atomic E-state index is 14.3. The summed E-state index contributed by atoms with van der Waals surface area (Å²) in [5.41, 5.74) is 2.76. The third-order valence-electron chi connectivity index (χ3n) is 4.65. The van der Waals surface area contributed by atoms with Crippen molar-refractivity contribution >= 4 is 0 Å². The molecular weight excluding hydrogens is 335 g/mol. The molecule has 1 atom stereocenters. The van der Waals surface area contributed by atoms with Crippen molar-refractivity contribution in [1.29, 1.82) is 0 Å². The number of hydrogen-bond acceptors (Lipinski definition) is 1. The molecular formula is C25H33FO. The number of halogens is 1. The van der Waals surface area contributed by atoms with Crippen molar-refractivity contribution in [2.75, 3.05) is 0 Å². The van der Waals surface area contributed by atoms with Gasteiger partial charge in [-0.3, -0.25) is 0 Å². The number of aliphatic hydroxyl groups excluding tert-OH is 1. The van der Waals surface area contributed by atoms with Crippen LogP contribution in [0.5, 0.6) is 0 Å². The Morgan fingerprint density at radius 1 is 1.22 bits per heavy atom. The molecule has 0 bridgehead atoms. The second-order valence-corrected chi connectivity index (χ2v) is 7.11. The monoisotopic (exact) mass is 368 g/mol. The quantitative estimate of drug-likeness (QED) is 0.210. The SMILES string of the molecule is C=C(O)/C=C\C(=C)C(=C)/C(F)=C\C(=C)CCC1C=CC(CCCCC)=CC1.